The Bertz CT molecular complexity index is 163. The number of hydrogen-bond donors (Lipinski definition) is 2. The molecule has 2 N–H and O–H groups in total. The first-order valence-corrected chi connectivity index (χ1v) is 4.07. The zero-order valence-electron chi connectivity index (χ0n) is 6.93. The van der Waals surface area contributed by atoms with Crippen molar-refractivity contribution in [2.45, 2.75) is 25.4 Å². The van der Waals surface area contributed by atoms with Crippen molar-refractivity contribution in [3.8, 4) is 12.3 Å². The molecule has 0 spiro atoms. The quantitative estimate of drug-likeness (QED) is 0.533. The van der Waals surface area contributed by atoms with Crippen molar-refractivity contribution in [1.82, 2.24) is 5.32 Å². The second-order valence-electron chi connectivity index (χ2n) is 3.32. The Labute approximate surface area is 68.0 Å². The lowest BCUT2D eigenvalue weighted by Crippen LogP contribution is -2.40. The number of aliphatic hydroxyl groups is 1. The predicted molar refractivity (Wildman–Crippen MR) is 45.1 cm³/mol. The molecule has 0 aromatic rings. The molecule has 1 aliphatic heterocycles. The smallest absolute Gasteiger partial charge is 0.125 e. The van der Waals surface area contributed by atoms with Crippen molar-refractivity contribution in [3.05, 3.63) is 0 Å². The lowest BCUT2D eigenvalue weighted by molar-refractivity contribution is 0.0404. The van der Waals surface area contributed by atoms with Gasteiger partial charge in [-0.1, -0.05) is 5.92 Å². The molecule has 1 heterocycles. The highest BCUT2D eigenvalue weighted by molar-refractivity contribution is 5.08. The van der Waals surface area contributed by atoms with E-state index in [0.717, 1.165) is 25.9 Å². The van der Waals surface area contributed by atoms with E-state index in [0.29, 0.717) is 0 Å². The molecule has 0 aliphatic carbocycles. The van der Waals surface area contributed by atoms with Crippen LogP contribution in [0, 0.1) is 18.3 Å². The molecule has 0 amide bonds. The van der Waals surface area contributed by atoms with Crippen LogP contribution in [0.2, 0.25) is 0 Å². The van der Waals surface area contributed by atoms with Crippen molar-refractivity contribution in [2.24, 2.45) is 5.92 Å². The normalized spacial score (nSPS) is 25.5. The highest BCUT2D eigenvalue weighted by Crippen LogP contribution is 2.24. The fourth-order valence-corrected chi connectivity index (χ4v) is 1.50. The van der Waals surface area contributed by atoms with Crippen LogP contribution in [0.3, 0.4) is 0 Å². The van der Waals surface area contributed by atoms with Crippen molar-refractivity contribution >= 4 is 0 Å². The lowest BCUT2D eigenvalue weighted by Gasteiger charge is -2.31. The molecule has 0 radical (unpaired) electrons. The Kier molecular flexibility index (Phi) is 2.53. The van der Waals surface area contributed by atoms with E-state index in [9.17, 15) is 5.11 Å². The molecule has 1 aliphatic rings. The Balaban J connectivity index is 2.52. The van der Waals surface area contributed by atoms with Crippen LogP contribution in [-0.4, -0.2) is 23.8 Å². The van der Waals surface area contributed by atoms with Gasteiger partial charge in [0.05, 0.1) is 0 Å². The van der Waals surface area contributed by atoms with Gasteiger partial charge in [-0.25, -0.2) is 0 Å². The van der Waals surface area contributed by atoms with Crippen LogP contribution in [0.5, 0.6) is 0 Å². The topological polar surface area (TPSA) is 32.3 Å². The molecule has 62 valence electrons. The maximum Gasteiger partial charge on any atom is 0.125 e. The van der Waals surface area contributed by atoms with Crippen molar-refractivity contribution in [1.29, 1.82) is 0 Å². The maximum absolute atomic E-state index is 9.68. The minimum Gasteiger partial charge on any atom is -0.378 e. The lowest BCUT2D eigenvalue weighted by atomic mass is 9.83. The van der Waals surface area contributed by atoms with Crippen LogP contribution in [0.1, 0.15) is 19.8 Å². The summed E-state index contributed by atoms with van der Waals surface area (Å²) in [6.07, 6.45) is 7.18. The van der Waals surface area contributed by atoms with Gasteiger partial charge < -0.3 is 10.4 Å². The molecule has 0 aromatic heterocycles. The zero-order chi connectivity index (χ0) is 8.32. The summed E-state index contributed by atoms with van der Waals surface area (Å²) < 4.78 is 0. The molecule has 2 nitrogen and oxygen atoms in total. The van der Waals surface area contributed by atoms with Gasteiger partial charge in [0.15, 0.2) is 0 Å². The second-order valence-corrected chi connectivity index (χ2v) is 3.32. The van der Waals surface area contributed by atoms with E-state index in [1.165, 1.54) is 0 Å². The van der Waals surface area contributed by atoms with E-state index in [1.807, 2.05) is 0 Å². The largest absolute Gasteiger partial charge is 0.378 e. The summed E-state index contributed by atoms with van der Waals surface area (Å²) in [5, 5.41) is 12.9. The molecule has 0 aromatic carbocycles. The Morgan fingerprint density at radius 2 is 2.09 bits per heavy atom. The first-order chi connectivity index (χ1) is 5.17. The summed E-state index contributed by atoms with van der Waals surface area (Å²) in [5.74, 6) is 2.71. The first-order valence-electron chi connectivity index (χ1n) is 4.07. The monoisotopic (exact) mass is 153 g/mol. The van der Waals surface area contributed by atoms with Gasteiger partial charge in [0.25, 0.3) is 0 Å². The second kappa shape index (κ2) is 3.25. The molecule has 2 heteroatoms. The molecule has 1 rings (SSSR count). The minimum atomic E-state index is -0.901. The van der Waals surface area contributed by atoms with Gasteiger partial charge in [-0.2, -0.15) is 0 Å². The number of nitrogens with one attached hydrogen (secondary N) is 1. The van der Waals surface area contributed by atoms with E-state index < -0.39 is 5.60 Å². The SMILES string of the molecule is C#CC(C)(O)C1CCNCC1. The van der Waals surface area contributed by atoms with Crippen LogP contribution in [0.25, 0.3) is 0 Å². The Morgan fingerprint density at radius 3 is 2.55 bits per heavy atom. The van der Waals surface area contributed by atoms with Crippen molar-refractivity contribution in [2.75, 3.05) is 13.1 Å². The Hall–Kier alpha value is -0.520. The molecular weight excluding hydrogens is 138 g/mol. The summed E-state index contributed by atoms with van der Waals surface area (Å²) in [6, 6.07) is 0. The first kappa shape index (κ1) is 8.58. The van der Waals surface area contributed by atoms with Gasteiger partial charge in [-0.15, -0.1) is 6.42 Å². The van der Waals surface area contributed by atoms with Gasteiger partial charge >= 0.3 is 0 Å². The van der Waals surface area contributed by atoms with E-state index in [1.54, 1.807) is 6.92 Å². The Morgan fingerprint density at radius 1 is 1.55 bits per heavy atom. The molecule has 0 bridgehead atoms. The highest BCUT2D eigenvalue weighted by atomic mass is 16.3. The summed E-state index contributed by atoms with van der Waals surface area (Å²) in [5.41, 5.74) is -0.901. The van der Waals surface area contributed by atoms with E-state index >= 15 is 0 Å². The van der Waals surface area contributed by atoms with Crippen LogP contribution in [0.4, 0.5) is 0 Å². The van der Waals surface area contributed by atoms with E-state index in [2.05, 4.69) is 11.2 Å². The fourth-order valence-electron chi connectivity index (χ4n) is 1.50. The summed E-state index contributed by atoms with van der Waals surface area (Å²) in [6.45, 7) is 3.67. The molecule has 11 heavy (non-hydrogen) atoms. The van der Waals surface area contributed by atoms with Crippen molar-refractivity contribution in [3.63, 3.8) is 0 Å². The average molecular weight is 153 g/mol. The van der Waals surface area contributed by atoms with Crippen LogP contribution < -0.4 is 5.32 Å². The highest BCUT2D eigenvalue weighted by Gasteiger charge is 2.30. The molecule has 0 saturated carbocycles. The fraction of sp³-hybridized carbons (Fsp3) is 0.778. The van der Waals surface area contributed by atoms with Crippen LogP contribution >= 0.6 is 0 Å². The van der Waals surface area contributed by atoms with Crippen LogP contribution in [0.15, 0.2) is 0 Å². The van der Waals surface area contributed by atoms with Gasteiger partial charge in [-0.3, -0.25) is 0 Å². The minimum absolute atomic E-state index is 0.272. The van der Waals surface area contributed by atoms with Gasteiger partial charge in [0.1, 0.15) is 5.60 Å². The summed E-state index contributed by atoms with van der Waals surface area (Å²) in [4.78, 5) is 0. The standard InChI is InChI=1S/C9H15NO/c1-3-9(2,11)8-4-6-10-7-5-8/h1,8,10-11H,4-7H2,2H3. The molecule has 1 atom stereocenters. The molecular formula is C9H15NO. The summed E-state index contributed by atoms with van der Waals surface area (Å²) >= 11 is 0. The zero-order valence-corrected chi connectivity index (χ0v) is 6.93. The number of terminal acetylenes is 1. The van der Waals surface area contributed by atoms with E-state index in [-0.39, 0.29) is 5.92 Å². The molecule has 1 fully saturated rings. The third kappa shape index (κ3) is 1.95. The third-order valence-electron chi connectivity index (χ3n) is 2.43. The number of rotatable bonds is 1. The van der Waals surface area contributed by atoms with Gasteiger partial charge in [-0.05, 0) is 32.9 Å². The maximum atomic E-state index is 9.68. The number of piperidine rings is 1. The molecule has 1 unspecified atom stereocenters. The third-order valence-corrected chi connectivity index (χ3v) is 2.43. The number of hydrogen-bond acceptors (Lipinski definition) is 2. The predicted octanol–water partition coefficient (Wildman–Crippen LogP) is 0.370. The summed E-state index contributed by atoms with van der Waals surface area (Å²) in [7, 11) is 0. The van der Waals surface area contributed by atoms with Crippen LogP contribution in [-0.2, 0) is 0 Å². The van der Waals surface area contributed by atoms with Gasteiger partial charge in [0, 0.05) is 5.92 Å². The average Bonchev–Trinajstić information content (AvgIpc) is 2.06. The van der Waals surface area contributed by atoms with Crippen molar-refractivity contribution < 1.29 is 5.11 Å². The van der Waals surface area contributed by atoms with Gasteiger partial charge in [0.2, 0.25) is 0 Å². The molecule has 1 saturated heterocycles. The van der Waals surface area contributed by atoms with E-state index in [4.69, 9.17) is 6.42 Å².